The summed E-state index contributed by atoms with van der Waals surface area (Å²) in [6.45, 7) is 9.34. The van der Waals surface area contributed by atoms with Gasteiger partial charge in [-0.15, -0.1) is 0 Å². The minimum absolute atomic E-state index is 0.0177. The van der Waals surface area contributed by atoms with Crippen molar-refractivity contribution >= 4 is 40.8 Å². The van der Waals surface area contributed by atoms with Crippen LogP contribution in [0, 0.1) is 17.2 Å². The second-order valence-electron chi connectivity index (χ2n) is 11.4. The first-order valence-corrected chi connectivity index (χ1v) is 14.1. The van der Waals surface area contributed by atoms with Crippen LogP contribution in [0.5, 0.6) is 0 Å². The summed E-state index contributed by atoms with van der Waals surface area (Å²) in [7, 11) is 1.91. The molecule has 14 heteroatoms. The van der Waals surface area contributed by atoms with Crippen LogP contribution in [0.4, 0.5) is 15.4 Å². The highest BCUT2D eigenvalue weighted by molar-refractivity contribution is 5.95. The summed E-state index contributed by atoms with van der Waals surface area (Å²) in [6.07, 6.45) is 3.81. The van der Waals surface area contributed by atoms with Crippen molar-refractivity contribution in [3.8, 4) is 6.07 Å². The maximum absolute atomic E-state index is 12.9. The Balaban J connectivity index is 1.50. The number of likely N-dealkylation sites (tertiary alicyclic amines) is 1. The maximum Gasteiger partial charge on any atom is 0.407 e. The zero-order valence-electron chi connectivity index (χ0n) is 25.0. The van der Waals surface area contributed by atoms with Crippen molar-refractivity contribution in [2.45, 2.75) is 65.0 Å². The van der Waals surface area contributed by atoms with E-state index in [-0.39, 0.29) is 62.3 Å². The quantitative estimate of drug-likeness (QED) is 0.353. The Morgan fingerprint density at radius 2 is 1.88 bits per heavy atom. The molecule has 1 aliphatic heterocycles. The molecular weight excluding hydrogens is 542 g/mol. The fourth-order valence-corrected chi connectivity index (χ4v) is 4.80. The molecule has 3 rings (SSSR count). The van der Waals surface area contributed by atoms with Crippen LogP contribution in [0.1, 0.15) is 53.4 Å². The second-order valence-corrected chi connectivity index (χ2v) is 11.4. The predicted octanol–water partition coefficient (Wildman–Crippen LogP) is 2.00. The topological polar surface area (TPSA) is 175 Å². The van der Waals surface area contributed by atoms with E-state index < -0.39 is 11.7 Å². The molecule has 2 aromatic rings. The Labute approximate surface area is 245 Å². The Morgan fingerprint density at radius 3 is 2.60 bits per heavy atom. The van der Waals surface area contributed by atoms with Crippen molar-refractivity contribution in [2.75, 3.05) is 44.7 Å². The molecule has 2 atom stereocenters. The molecule has 228 valence electrons. The first-order valence-electron chi connectivity index (χ1n) is 14.1. The van der Waals surface area contributed by atoms with Gasteiger partial charge in [0.15, 0.2) is 5.65 Å². The van der Waals surface area contributed by atoms with Gasteiger partial charge >= 0.3 is 12.1 Å². The number of nitriles is 1. The van der Waals surface area contributed by atoms with E-state index in [2.05, 4.69) is 32.8 Å². The smallest absolute Gasteiger partial charge is 0.407 e. The lowest BCUT2D eigenvalue weighted by molar-refractivity contribution is -0.131. The number of carbonyl (C=O) groups is 4. The number of aromatic nitrogens is 3. The van der Waals surface area contributed by atoms with Crippen molar-refractivity contribution in [2.24, 2.45) is 5.92 Å². The number of ether oxygens (including phenoxy) is 1. The average molecular weight is 584 g/mol. The zero-order chi connectivity index (χ0) is 30.9. The van der Waals surface area contributed by atoms with Gasteiger partial charge in [0, 0.05) is 52.4 Å². The number of fused-ring (bicyclic) bond motifs is 1. The van der Waals surface area contributed by atoms with Crippen molar-refractivity contribution in [1.82, 2.24) is 35.4 Å². The van der Waals surface area contributed by atoms with E-state index in [0.29, 0.717) is 36.4 Å². The highest BCUT2D eigenvalue weighted by Gasteiger charge is 2.33. The number of carbonyl (C=O) groups excluding carboxylic acids is 4. The van der Waals surface area contributed by atoms with Crippen molar-refractivity contribution in [1.29, 1.82) is 5.26 Å². The summed E-state index contributed by atoms with van der Waals surface area (Å²) in [5.41, 5.74) is -0.144. The van der Waals surface area contributed by atoms with Gasteiger partial charge < -0.3 is 30.5 Å². The number of hydrogen-bond acceptors (Lipinski definition) is 9. The largest absolute Gasteiger partial charge is 0.444 e. The number of rotatable bonds is 10. The molecule has 4 amide bonds. The van der Waals surface area contributed by atoms with Gasteiger partial charge in [-0.1, -0.05) is 6.92 Å². The average Bonchev–Trinajstić information content (AvgIpc) is 3.37. The molecule has 0 unspecified atom stereocenters. The number of amides is 4. The molecule has 0 radical (unpaired) electrons. The van der Waals surface area contributed by atoms with Crippen LogP contribution in [0.2, 0.25) is 0 Å². The molecule has 1 aliphatic rings. The number of likely N-dealkylation sites (N-methyl/N-ethyl adjacent to an activating group) is 1. The van der Waals surface area contributed by atoms with Crippen LogP contribution >= 0.6 is 0 Å². The van der Waals surface area contributed by atoms with Gasteiger partial charge in [0.25, 0.3) is 0 Å². The molecule has 0 aromatic carbocycles. The van der Waals surface area contributed by atoms with E-state index in [0.717, 1.165) is 6.42 Å². The van der Waals surface area contributed by atoms with E-state index in [4.69, 9.17) is 10.00 Å². The van der Waals surface area contributed by atoms with E-state index in [1.165, 1.54) is 10.9 Å². The van der Waals surface area contributed by atoms with Gasteiger partial charge in [-0.25, -0.2) is 19.6 Å². The lowest BCUT2D eigenvalue weighted by Gasteiger charge is -2.42. The fourth-order valence-electron chi connectivity index (χ4n) is 4.80. The molecule has 14 nitrogen and oxygen atoms in total. The monoisotopic (exact) mass is 583 g/mol. The molecule has 3 heterocycles. The Kier molecular flexibility index (Phi) is 11.1. The van der Waals surface area contributed by atoms with E-state index in [1.54, 1.807) is 37.9 Å². The third-order valence-corrected chi connectivity index (χ3v) is 6.98. The normalized spacial score (nSPS) is 16.8. The Morgan fingerprint density at radius 1 is 1.14 bits per heavy atom. The van der Waals surface area contributed by atoms with Crippen LogP contribution in [0.3, 0.4) is 0 Å². The van der Waals surface area contributed by atoms with Crippen LogP contribution in [0.25, 0.3) is 11.0 Å². The lowest BCUT2D eigenvalue weighted by Crippen LogP contribution is -2.52. The first-order chi connectivity index (χ1) is 19.9. The first kappa shape index (κ1) is 32.1. The van der Waals surface area contributed by atoms with Gasteiger partial charge in [0.05, 0.1) is 17.5 Å². The number of nitrogens with one attached hydrogen (secondary N) is 3. The van der Waals surface area contributed by atoms with Gasteiger partial charge in [-0.05, 0) is 45.6 Å². The molecule has 0 saturated carbocycles. The summed E-state index contributed by atoms with van der Waals surface area (Å²) in [4.78, 5) is 61.5. The SMILES string of the molecule is C[C@@H]1CCN(C(=O)CC#N)C[C@@H]1N(C)c1ncnc2c1ccn2C(=O)NCCCC(=O)NCCNC(=O)OC(C)(C)C. The van der Waals surface area contributed by atoms with E-state index in [9.17, 15) is 19.2 Å². The van der Waals surface area contributed by atoms with Crippen molar-refractivity contribution < 1.29 is 23.9 Å². The van der Waals surface area contributed by atoms with Crippen LogP contribution in [-0.4, -0.2) is 94.8 Å². The van der Waals surface area contributed by atoms with Crippen LogP contribution in [-0.2, 0) is 14.3 Å². The van der Waals surface area contributed by atoms with Gasteiger partial charge in [0.2, 0.25) is 11.8 Å². The molecule has 1 fully saturated rings. The molecule has 2 aromatic heterocycles. The minimum Gasteiger partial charge on any atom is -0.444 e. The van der Waals surface area contributed by atoms with Crippen molar-refractivity contribution in [3.05, 3.63) is 18.6 Å². The molecule has 42 heavy (non-hydrogen) atoms. The molecule has 1 saturated heterocycles. The van der Waals surface area contributed by atoms with Gasteiger partial charge in [-0.3, -0.25) is 14.2 Å². The summed E-state index contributed by atoms with van der Waals surface area (Å²) in [5.74, 6) is 0.573. The second kappa shape index (κ2) is 14.5. The maximum atomic E-state index is 12.9. The van der Waals surface area contributed by atoms with Gasteiger partial charge in [0.1, 0.15) is 24.2 Å². The fraction of sp³-hybridized carbons (Fsp3) is 0.607. The molecule has 0 aliphatic carbocycles. The molecule has 0 spiro atoms. The molecule has 3 N–H and O–H groups in total. The number of anilines is 1. The van der Waals surface area contributed by atoms with Gasteiger partial charge in [-0.2, -0.15) is 5.26 Å². The summed E-state index contributed by atoms with van der Waals surface area (Å²) >= 11 is 0. The number of hydrogen-bond donors (Lipinski definition) is 3. The summed E-state index contributed by atoms with van der Waals surface area (Å²) < 4.78 is 6.54. The highest BCUT2D eigenvalue weighted by Crippen LogP contribution is 2.29. The standard InChI is InChI=1S/C28H41N9O5/c1-19-9-15-36(23(39)8-11-29)17-21(19)35(5)24-20-10-16-37(25(20)34-18-33-24)26(40)31-12-6-7-22(38)30-13-14-32-27(41)42-28(2,3)4/h10,16,18-19,21H,6-9,12-15,17H2,1-5H3,(H,30,38)(H,31,40)(H,32,41)/t19-,21+/m1/s1. The van der Waals surface area contributed by atoms with E-state index in [1.807, 2.05) is 18.0 Å². The third kappa shape index (κ3) is 8.79. The van der Waals surface area contributed by atoms with Crippen LogP contribution in [0.15, 0.2) is 18.6 Å². The Hall–Kier alpha value is -4.41. The van der Waals surface area contributed by atoms with E-state index >= 15 is 0 Å². The number of nitrogens with zero attached hydrogens (tertiary/aromatic N) is 6. The lowest BCUT2D eigenvalue weighted by atomic mass is 9.92. The molecular formula is C28H41N9O5. The summed E-state index contributed by atoms with van der Waals surface area (Å²) in [5, 5.41) is 17.7. The molecule has 0 bridgehead atoms. The third-order valence-electron chi connectivity index (χ3n) is 6.98. The van der Waals surface area contributed by atoms with Crippen LogP contribution < -0.4 is 20.9 Å². The number of alkyl carbamates (subject to hydrolysis) is 1. The predicted molar refractivity (Wildman–Crippen MR) is 156 cm³/mol. The van der Waals surface area contributed by atoms with Crippen molar-refractivity contribution in [3.63, 3.8) is 0 Å². The number of piperidine rings is 1. The Bertz CT molecular complexity index is 1310. The highest BCUT2D eigenvalue weighted by atomic mass is 16.6. The summed E-state index contributed by atoms with van der Waals surface area (Å²) in [6, 6.07) is 3.32. The minimum atomic E-state index is -0.589. The zero-order valence-corrected chi connectivity index (χ0v) is 25.0.